The van der Waals surface area contributed by atoms with Crippen molar-refractivity contribution in [3.63, 3.8) is 0 Å². The highest BCUT2D eigenvalue weighted by Crippen LogP contribution is 2.29. The van der Waals surface area contributed by atoms with Crippen LogP contribution in [-0.2, 0) is 11.3 Å². The highest BCUT2D eigenvalue weighted by molar-refractivity contribution is 7.98. The number of carbonyl (C=O) groups excluding carboxylic acids is 1. The number of hydrogen-bond acceptors (Lipinski definition) is 4. The van der Waals surface area contributed by atoms with Crippen molar-refractivity contribution in [2.45, 2.75) is 18.4 Å². The van der Waals surface area contributed by atoms with Crippen molar-refractivity contribution in [3.8, 4) is 11.5 Å². The molecule has 0 saturated carbocycles. The number of hydrogen-bond donors (Lipinski definition) is 3. The maximum atomic E-state index is 12.5. The van der Waals surface area contributed by atoms with Crippen molar-refractivity contribution in [3.05, 3.63) is 47.5 Å². The summed E-state index contributed by atoms with van der Waals surface area (Å²) < 4.78 is 10.9. The van der Waals surface area contributed by atoms with Crippen LogP contribution in [0.5, 0.6) is 11.5 Å². The van der Waals surface area contributed by atoms with E-state index in [0.717, 1.165) is 54.8 Å². The normalized spacial score (nSPS) is 18.7. The van der Waals surface area contributed by atoms with E-state index in [2.05, 4.69) is 18.3 Å². The number of thioether (sulfide) groups is 1. The van der Waals surface area contributed by atoms with Crippen LogP contribution in [0.4, 0.5) is 5.69 Å². The molecule has 30 heavy (non-hydrogen) atoms. The van der Waals surface area contributed by atoms with E-state index >= 15 is 0 Å². The van der Waals surface area contributed by atoms with Gasteiger partial charge in [0.2, 0.25) is 0 Å². The Labute approximate surface area is 183 Å². The lowest BCUT2D eigenvalue weighted by Gasteiger charge is -2.29. The van der Waals surface area contributed by atoms with Crippen LogP contribution in [0.3, 0.4) is 0 Å². The van der Waals surface area contributed by atoms with Gasteiger partial charge in [-0.3, -0.25) is 4.79 Å². The Bertz CT molecular complexity index is 867. The van der Waals surface area contributed by atoms with Gasteiger partial charge in [-0.1, -0.05) is 6.07 Å². The molecule has 0 bridgehead atoms. The van der Waals surface area contributed by atoms with Crippen LogP contribution >= 0.6 is 11.8 Å². The molecule has 2 aromatic carbocycles. The van der Waals surface area contributed by atoms with Gasteiger partial charge in [0.1, 0.15) is 32.7 Å². The van der Waals surface area contributed by atoms with Gasteiger partial charge in [0.15, 0.2) is 18.0 Å². The van der Waals surface area contributed by atoms with Gasteiger partial charge in [-0.15, -0.1) is 11.8 Å². The zero-order valence-electron chi connectivity index (χ0n) is 18.3. The van der Waals surface area contributed by atoms with Gasteiger partial charge >= 0.3 is 0 Å². The third-order valence-corrected chi connectivity index (χ3v) is 6.44. The number of rotatable bonds is 8. The fraction of sp³-hybridized carbons (Fsp3) is 0.435. The second-order valence-electron chi connectivity index (χ2n) is 7.77. The number of ether oxygens (including phenoxy) is 2. The van der Waals surface area contributed by atoms with Gasteiger partial charge in [-0.2, -0.15) is 0 Å². The SMILES string of the molecule is COc1cc(C)c(C[NH+]2CC[NH+](CC(=O)Nc3cccc(SC)c3)CC2)cc1OC. The molecule has 0 spiro atoms. The summed E-state index contributed by atoms with van der Waals surface area (Å²) in [5.41, 5.74) is 3.39. The van der Waals surface area contributed by atoms with Crippen LogP contribution in [0.15, 0.2) is 41.3 Å². The molecule has 0 atom stereocenters. The maximum Gasteiger partial charge on any atom is 0.279 e. The summed E-state index contributed by atoms with van der Waals surface area (Å²) in [4.78, 5) is 16.5. The number of aryl methyl sites for hydroxylation is 1. The van der Waals surface area contributed by atoms with Crippen molar-refractivity contribution in [2.75, 3.05) is 58.5 Å². The number of quaternary nitrogens is 2. The third-order valence-electron chi connectivity index (χ3n) is 5.71. The summed E-state index contributed by atoms with van der Waals surface area (Å²) in [5.74, 6) is 1.64. The molecule has 162 valence electrons. The van der Waals surface area contributed by atoms with Crippen LogP contribution < -0.4 is 24.6 Å². The number of benzene rings is 2. The minimum atomic E-state index is 0.0856. The molecule has 3 N–H and O–H groups in total. The van der Waals surface area contributed by atoms with Crippen LogP contribution in [0.1, 0.15) is 11.1 Å². The lowest BCUT2D eigenvalue weighted by atomic mass is 10.1. The zero-order valence-corrected chi connectivity index (χ0v) is 19.2. The molecule has 0 unspecified atom stereocenters. The van der Waals surface area contributed by atoms with E-state index in [1.165, 1.54) is 16.0 Å². The van der Waals surface area contributed by atoms with Crippen LogP contribution in [0.2, 0.25) is 0 Å². The average Bonchev–Trinajstić information content (AvgIpc) is 2.76. The zero-order chi connectivity index (χ0) is 21.5. The first-order valence-electron chi connectivity index (χ1n) is 10.3. The second kappa shape index (κ2) is 10.7. The monoisotopic (exact) mass is 431 g/mol. The van der Waals surface area contributed by atoms with Crippen LogP contribution in [-0.4, -0.2) is 59.1 Å². The highest BCUT2D eigenvalue weighted by Gasteiger charge is 2.25. The predicted octanol–water partition coefficient (Wildman–Crippen LogP) is 0.656. The second-order valence-corrected chi connectivity index (χ2v) is 8.65. The number of methoxy groups -OCH3 is 2. The van der Waals surface area contributed by atoms with E-state index in [-0.39, 0.29) is 5.91 Å². The molecule has 1 aliphatic heterocycles. The molecule has 2 aromatic rings. The van der Waals surface area contributed by atoms with E-state index in [1.54, 1.807) is 30.9 Å². The van der Waals surface area contributed by atoms with E-state index < -0.39 is 0 Å². The van der Waals surface area contributed by atoms with Gasteiger partial charge in [-0.05, 0) is 49.1 Å². The highest BCUT2D eigenvalue weighted by atomic mass is 32.2. The molecule has 6 nitrogen and oxygen atoms in total. The molecule has 1 heterocycles. The third kappa shape index (κ3) is 5.90. The minimum absolute atomic E-state index is 0.0856. The number of nitrogens with one attached hydrogen (secondary N) is 3. The fourth-order valence-corrected chi connectivity index (χ4v) is 4.39. The van der Waals surface area contributed by atoms with E-state index in [0.29, 0.717) is 6.54 Å². The van der Waals surface area contributed by atoms with E-state index in [1.807, 2.05) is 36.6 Å². The largest absolute Gasteiger partial charge is 0.493 e. The van der Waals surface area contributed by atoms with Gasteiger partial charge in [0.05, 0.1) is 14.2 Å². The molecule has 1 amide bonds. The number of piperazine rings is 1. The molecule has 1 aliphatic rings. The van der Waals surface area contributed by atoms with Crippen LogP contribution in [0.25, 0.3) is 0 Å². The van der Waals surface area contributed by atoms with Crippen molar-refractivity contribution < 1.29 is 24.1 Å². The molecule has 7 heteroatoms. The summed E-state index contributed by atoms with van der Waals surface area (Å²) in [6.07, 6.45) is 2.04. The molecule has 3 rings (SSSR count). The lowest BCUT2D eigenvalue weighted by molar-refractivity contribution is -1.02. The van der Waals surface area contributed by atoms with E-state index in [9.17, 15) is 4.79 Å². The molecule has 0 aliphatic carbocycles. The Hall–Kier alpha value is -2.22. The first-order chi connectivity index (χ1) is 14.5. The van der Waals surface area contributed by atoms with Gasteiger partial charge in [0, 0.05) is 16.1 Å². The Morgan fingerprint density at radius 1 is 1.03 bits per heavy atom. The summed E-state index contributed by atoms with van der Waals surface area (Å²) in [7, 11) is 3.34. The lowest BCUT2D eigenvalue weighted by Crippen LogP contribution is -3.28. The Morgan fingerprint density at radius 3 is 2.37 bits per heavy atom. The Balaban J connectivity index is 1.49. The standard InChI is InChI=1S/C23H31N3O3S/c1-17-12-21(28-2)22(29-3)13-18(17)15-25-8-10-26(11-9-25)16-23(27)24-19-6-5-7-20(14-19)30-4/h5-7,12-14H,8-11,15-16H2,1-4H3,(H,24,27)/p+2. The van der Waals surface area contributed by atoms with Crippen molar-refractivity contribution in [1.82, 2.24) is 0 Å². The fourth-order valence-electron chi connectivity index (χ4n) is 3.93. The molecule has 0 radical (unpaired) electrons. The van der Waals surface area contributed by atoms with Gasteiger partial charge < -0.3 is 24.6 Å². The molecular formula is C23H33N3O3S+2. The molecule has 1 fully saturated rings. The topological polar surface area (TPSA) is 56.4 Å². The number of amides is 1. The first-order valence-corrected chi connectivity index (χ1v) is 11.6. The average molecular weight is 432 g/mol. The van der Waals surface area contributed by atoms with E-state index in [4.69, 9.17) is 9.47 Å². The quantitative estimate of drug-likeness (QED) is 0.538. The van der Waals surface area contributed by atoms with Crippen molar-refractivity contribution in [1.29, 1.82) is 0 Å². The summed E-state index contributed by atoms with van der Waals surface area (Å²) in [5, 5.41) is 3.04. The van der Waals surface area contributed by atoms with Crippen molar-refractivity contribution in [2.24, 2.45) is 0 Å². The Kier molecular flexibility index (Phi) is 8.01. The summed E-state index contributed by atoms with van der Waals surface area (Å²) in [6.45, 7) is 7.71. The smallest absolute Gasteiger partial charge is 0.279 e. The first kappa shape index (κ1) is 22.5. The van der Waals surface area contributed by atoms with Gasteiger partial charge in [-0.25, -0.2) is 0 Å². The molecular weight excluding hydrogens is 398 g/mol. The summed E-state index contributed by atoms with van der Waals surface area (Å²) in [6, 6.07) is 12.1. The predicted molar refractivity (Wildman–Crippen MR) is 121 cm³/mol. The minimum Gasteiger partial charge on any atom is -0.493 e. The maximum absolute atomic E-state index is 12.5. The molecule has 0 aromatic heterocycles. The van der Waals surface area contributed by atoms with Gasteiger partial charge in [0.25, 0.3) is 5.91 Å². The summed E-state index contributed by atoms with van der Waals surface area (Å²) >= 11 is 1.68. The van der Waals surface area contributed by atoms with Crippen molar-refractivity contribution >= 4 is 23.4 Å². The Morgan fingerprint density at radius 2 is 1.70 bits per heavy atom. The van der Waals surface area contributed by atoms with Crippen LogP contribution in [0, 0.1) is 6.92 Å². The number of carbonyl (C=O) groups is 1. The number of anilines is 1. The molecule has 1 saturated heterocycles.